The van der Waals surface area contributed by atoms with Crippen molar-refractivity contribution in [3.05, 3.63) is 24.3 Å². The molecule has 17 aliphatic heterocycles. The fourth-order valence-electron chi connectivity index (χ4n) is 18.9. The molecule has 17 fully saturated rings. The zero-order valence-corrected chi connectivity index (χ0v) is 47.4. The van der Waals surface area contributed by atoms with Crippen LogP contribution in [0, 0.1) is 23.7 Å². The fourth-order valence-corrected chi connectivity index (χ4v) is 18.9. The monoisotopic (exact) mass is 1140 g/mol. The van der Waals surface area contributed by atoms with Crippen LogP contribution in [0.25, 0.3) is 0 Å². The van der Waals surface area contributed by atoms with Gasteiger partial charge in [-0.2, -0.15) is 0 Å². The molecule has 17 saturated heterocycles. The van der Waals surface area contributed by atoms with Crippen molar-refractivity contribution in [2.75, 3.05) is 6.61 Å². The van der Waals surface area contributed by atoms with Crippen molar-refractivity contribution < 1.29 is 95.9 Å². The molecule has 450 valence electrons. The number of aliphatic hydroxyl groups is 3. The Hall–Kier alpha value is -1.77. The third kappa shape index (κ3) is 9.04. The Balaban J connectivity index is 0.631. The van der Waals surface area contributed by atoms with Crippen molar-refractivity contribution in [1.29, 1.82) is 0 Å². The van der Waals surface area contributed by atoms with Crippen LogP contribution < -0.4 is 0 Å². The molecule has 12 bridgehead atoms. The first-order valence-electron chi connectivity index (χ1n) is 31.5. The normalized spacial score (nSPS) is 59.3. The van der Waals surface area contributed by atoms with Gasteiger partial charge >= 0.3 is 5.97 Å². The number of ether oxygens (including phenoxy) is 16. The molecule has 3 spiro atoms. The van der Waals surface area contributed by atoms with Crippen molar-refractivity contribution in [2.45, 2.75) is 319 Å². The van der Waals surface area contributed by atoms with E-state index in [9.17, 15) is 20.1 Å². The van der Waals surface area contributed by atoms with Crippen molar-refractivity contribution in [3.8, 4) is 0 Å². The van der Waals surface area contributed by atoms with Gasteiger partial charge in [0.15, 0.2) is 17.4 Å². The summed E-state index contributed by atoms with van der Waals surface area (Å²) in [5.74, 6) is -4.61. The Bertz CT molecular complexity index is 2470. The summed E-state index contributed by atoms with van der Waals surface area (Å²) in [5.41, 5.74) is 2.10. The predicted molar refractivity (Wildman–Crippen MR) is 278 cm³/mol. The lowest BCUT2D eigenvalue weighted by Crippen LogP contribution is -2.67. The summed E-state index contributed by atoms with van der Waals surface area (Å²) < 4.78 is 110. The highest BCUT2D eigenvalue weighted by atomic mass is 16.8. The predicted octanol–water partition coefficient (Wildman–Crippen LogP) is 4.65. The molecule has 17 aliphatic rings. The summed E-state index contributed by atoms with van der Waals surface area (Å²) >= 11 is 0. The van der Waals surface area contributed by atoms with Gasteiger partial charge in [-0.3, -0.25) is 4.79 Å². The van der Waals surface area contributed by atoms with Gasteiger partial charge in [0.1, 0.15) is 36.6 Å². The number of hydrogen-bond donors (Lipinski definition) is 3. The first kappa shape index (κ1) is 54.6. The summed E-state index contributed by atoms with van der Waals surface area (Å²) in [5, 5.41) is 32.2. The van der Waals surface area contributed by atoms with Gasteiger partial charge in [-0.1, -0.05) is 40.9 Å². The van der Waals surface area contributed by atoms with Gasteiger partial charge in [-0.15, -0.1) is 0 Å². The minimum atomic E-state index is -1.67. The summed E-state index contributed by atoms with van der Waals surface area (Å²) in [4.78, 5) is 14.6. The summed E-state index contributed by atoms with van der Waals surface area (Å²) in [6.45, 7) is 17.5. The molecule has 0 aliphatic carbocycles. The van der Waals surface area contributed by atoms with Crippen LogP contribution in [0.15, 0.2) is 24.3 Å². The third-order valence-corrected chi connectivity index (χ3v) is 22.7. The van der Waals surface area contributed by atoms with Crippen LogP contribution >= 0.6 is 0 Å². The second-order valence-electron chi connectivity index (χ2n) is 28.3. The maximum Gasteiger partial charge on any atom is 0.308 e. The second-order valence-corrected chi connectivity index (χ2v) is 28.3. The van der Waals surface area contributed by atoms with E-state index in [1.807, 2.05) is 0 Å². The molecule has 20 nitrogen and oxygen atoms in total. The number of carbonyl (C=O) groups is 1. The number of hydrogen-bond acceptors (Lipinski definition) is 20. The largest absolute Gasteiger partial charge is 0.459 e. The number of aliphatic hydroxyl groups excluding tert-OH is 2. The first-order chi connectivity index (χ1) is 38.9. The molecule has 17 heterocycles. The molecule has 0 unspecified atom stereocenters. The lowest BCUT2D eigenvalue weighted by molar-refractivity contribution is -0.369. The minimum Gasteiger partial charge on any atom is -0.459 e. The number of rotatable bonds is 2. The Morgan fingerprint density at radius 2 is 1.20 bits per heavy atom. The van der Waals surface area contributed by atoms with Crippen molar-refractivity contribution in [2.24, 2.45) is 23.7 Å². The zero-order chi connectivity index (χ0) is 55.2. The SMILES string of the molecule is C=C1C[C@@H]2CC[C@@]34C[C@H]5O[C@H]6[C@@H](O3)[C@H]3O[C@H](CC[C@@H]3O[C@@]6(O)[C@H]5O4)CC(=O)O[C@@H]3[C@@H](C)[C@@H]4O[C@@H]5C[C@]6(C[C@@H]7O[C@]8(C[C@H](C)[C@@H]9O[C@H]%10C[C@H]([C@H](O)CO)O[C@H]%10C[C@@H]9O8)C[C@H](C)[C@@H]7O6)O[C@@H]5C[C@@H]4O[C@H]3C[C@H]3O[C@@H](CC[C@@H]1O2)C[C@@H](C)C3=C. The average molecular weight is 1140 g/mol. The number of esters is 1. The molecule has 0 aromatic heterocycles. The van der Waals surface area contributed by atoms with Gasteiger partial charge in [0.25, 0.3) is 0 Å². The maximum absolute atomic E-state index is 14.6. The van der Waals surface area contributed by atoms with E-state index < -0.39 is 90.3 Å². The van der Waals surface area contributed by atoms with Crippen LogP contribution in [0.1, 0.15) is 143 Å². The van der Waals surface area contributed by atoms with E-state index in [1.54, 1.807) is 0 Å². The van der Waals surface area contributed by atoms with Gasteiger partial charge in [-0.25, -0.2) is 0 Å². The minimum absolute atomic E-state index is 0.00701. The van der Waals surface area contributed by atoms with E-state index >= 15 is 0 Å². The van der Waals surface area contributed by atoms with Crippen molar-refractivity contribution >= 4 is 5.97 Å². The van der Waals surface area contributed by atoms with Crippen LogP contribution in [0.4, 0.5) is 0 Å². The standard InChI is InChI=1S/C61H86O20/c1-26-13-32-7-9-36-27(2)14-34(66-36)11-12-58-24-48-56(81-58)61(65)57(73-48)55(80-58)54-37(78-61)10-8-33(68-54)15-49(64)74-53-31(6)52-44(70-43(53)16-38(67-32)30(26)5)19-42-46(72-52)22-60(75-42)23-47-51(79-60)29(4)21-59(77-47)20-28(3)50-45(76-59)18-40-41(71-50)17-39(69-40)35(63)25-62/h26,28-29,31-48,50-57,62-63,65H,2,5,7-25H2,1,3-4,6H3/t26-,28+,29+,31+,32+,33-,34+,35-,36+,37+,38-,39-,40+,41+,42-,43+,44+,45+,46-,47+,48-,50+,51+,52+,53-,54+,55+,56+,57+,58-,59-,60+,61+/m1/s1. The first-order valence-corrected chi connectivity index (χ1v) is 31.5. The maximum atomic E-state index is 14.6. The van der Waals surface area contributed by atoms with Gasteiger partial charge in [0.2, 0.25) is 5.79 Å². The lowest BCUT2D eigenvalue weighted by Gasteiger charge is -2.54. The molecule has 0 amide bonds. The summed E-state index contributed by atoms with van der Waals surface area (Å²) in [6.07, 6.45) is 0.739. The number of carbonyl (C=O) groups excluding carboxylic acids is 1. The molecular formula is C61H86O20. The van der Waals surface area contributed by atoms with E-state index in [-0.39, 0.29) is 128 Å². The van der Waals surface area contributed by atoms with Crippen molar-refractivity contribution in [1.82, 2.24) is 0 Å². The molecule has 33 atom stereocenters. The topological polar surface area (TPSA) is 225 Å². The Morgan fingerprint density at radius 3 is 2.05 bits per heavy atom. The highest BCUT2D eigenvalue weighted by molar-refractivity contribution is 5.70. The van der Waals surface area contributed by atoms with E-state index in [0.29, 0.717) is 83.5 Å². The fraction of sp³-hybridized carbons (Fsp3) is 0.918. The third-order valence-electron chi connectivity index (χ3n) is 22.7. The van der Waals surface area contributed by atoms with E-state index in [1.165, 1.54) is 0 Å². The molecule has 17 rings (SSSR count). The van der Waals surface area contributed by atoms with E-state index in [4.69, 9.17) is 75.8 Å². The molecule has 0 radical (unpaired) electrons. The zero-order valence-electron chi connectivity index (χ0n) is 47.4. The quantitative estimate of drug-likeness (QED) is 0.253. The highest BCUT2D eigenvalue weighted by Gasteiger charge is 2.76. The summed E-state index contributed by atoms with van der Waals surface area (Å²) in [7, 11) is 0. The average Bonchev–Trinajstić information content (AvgIpc) is 4.40. The van der Waals surface area contributed by atoms with Crippen LogP contribution in [0.2, 0.25) is 0 Å². The molecule has 0 aromatic carbocycles. The molecule has 20 heteroatoms. The van der Waals surface area contributed by atoms with Crippen LogP contribution in [0.5, 0.6) is 0 Å². The van der Waals surface area contributed by atoms with Gasteiger partial charge in [0, 0.05) is 70.1 Å². The molecular weight excluding hydrogens is 1050 g/mol. The highest BCUT2D eigenvalue weighted by Crippen LogP contribution is 2.59. The molecule has 0 aromatic rings. The van der Waals surface area contributed by atoms with Crippen LogP contribution in [-0.2, 0) is 80.6 Å². The molecule has 81 heavy (non-hydrogen) atoms. The van der Waals surface area contributed by atoms with Gasteiger partial charge in [0.05, 0.1) is 129 Å². The van der Waals surface area contributed by atoms with Crippen LogP contribution in [-0.4, -0.2) is 204 Å². The number of fused-ring (bicyclic) bond motifs is 11. The van der Waals surface area contributed by atoms with Gasteiger partial charge in [-0.05, 0) is 73.8 Å². The Labute approximate surface area is 474 Å². The Kier molecular flexibility index (Phi) is 13.4. The smallest absolute Gasteiger partial charge is 0.308 e. The van der Waals surface area contributed by atoms with E-state index in [2.05, 4.69) is 40.9 Å². The Morgan fingerprint density at radius 1 is 0.506 bits per heavy atom. The summed E-state index contributed by atoms with van der Waals surface area (Å²) in [6, 6.07) is 0. The van der Waals surface area contributed by atoms with Crippen LogP contribution in [0.3, 0.4) is 0 Å². The molecule has 3 N–H and O–H groups in total. The lowest BCUT2D eigenvalue weighted by atomic mass is 9.78. The van der Waals surface area contributed by atoms with E-state index in [0.717, 1.165) is 36.8 Å². The van der Waals surface area contributed by atoms with Gasteiger partial charge < -0.3 is 91.1 Å². The second kappa shape index (κ2) is 19.9. The molecule has 0 saturated carbocycles. The van der Waals surface area contributed by atoms with Crippen molar-refractivity contribution in [3.63, 3.8) is 0 Å².